The fourth-order valence-electron chi connectivity index (χ4n) is 2.72. The normalized spacial score (nSPS) is 11.3. The van der Waals surface area contributed by atoms with Gasteiger partial charge in [0.2, 0.25) is 0 Å². The Labute approximate surface area is 170 Å². The van der Waals surface area contributed by atoms with Crippen LogP contribution in [0.4, 0.5) is 0 Å². The Balaban J connectivity index is 1.43. The van der Waals surface area contributed by atoms with Crippen LogP contribution in [-0.2, 0) is 9.53 Å². The van der Waals surface area contributed by atoms with Crippen molar-refractivity contribution in [2.45, 2.75) is 12.8 Å². The van der Waals surface area contributed by atoms with Crippen LogP contribution in [-0.4, -0.2) is 25.0 Å². The Morgan fingerprint density at radius 2 is 1.41 bits per heavy atom. The zero-order valence-electron chi connectivity index (χ0n) is 16.2. The summed E-state index contributed by atoms with van der Waals surface area (Å²) in [6.45, 7) is 2.19. The SMILES string of the molecule is C[C@H](CNC(=O)COC(=O)c1ccc(Oc2ccccc2)cc1)c1ccccc1. The molecule has 0 bridgehead atoms. The maximum Gasteiger partial charge on any atom is 0.338 e. The molecule has 1 amide bonds. The number of nitrogens with one attached hydrogen (secondary N) is 1. The molecule has 1 N–H and O–H groups in total. The summed E-state index contributed by atoms with van der Waals surface area (Å²) in [5, 5.41) is 2.79. The average molecular weight is 389 g/mol. The number of hydrogen-bond acceptors (Lipinski definition) is 4. The van der Waals surface area contributed by atoms with E-state index >= 15 is 0 Å². The second kappa shape index (κ2) is 10.1. The minimum Gasteiger partial charge on any atom is -0.457 e. The Morgan fingerprint density at radius 1 is 0.828 bits per heavy atom. The molecule has 0 heterocycles. The zero-order valence-corrected chi connectivity index (χ0v) is 16.2. The first-order chi connectivity index (χ1) is 14.1. The van der Waals surface area contributed by atoms with E-state index in [-0.39, 0.29) is 18.4 Å². The van der Waals surface area contributed by atoms with Gasteiger partial charge in [-0.05, 0) is 47.9 Å². The van der Waals surface area contributed by atoms with Gasteiger partial charge in [-0.3, -0.25) is 4.79 Å². The van der Waals surface area contributed by atoms with Gasteiger partial charge in [0.1, 0.15) is 11.5 Å². The predicted octanol–water partition coefficient (Wildman–Crippen LogP) is 4.56. The van der Waals surface area contributed by atoms with Crippen LogP contribution >= 0.6 is 0 Å². The van der Waals surface area contributed by atoms with Gasteiger partial charge in [-0.25, -0.2) is 4.79 Å². The predicted molar refractivity (Wildman–Crippen MR) is 111 cm³/mol. The van der Waals surface area contributed by atoms with Gasteiger partial charge < -0.3 is 14.8 Å². The van der Waals surface area contributed by atoms with Crippen molar-refractivity contribution < 1.29 is 19.1 Å². The molecule has 0 aromatic heterocycles. The molecule has 3 aromatic carbocycles. The molecule has 0 fully saturated rings. The van der Waals surface area contributed by atoms with E-state index in [1.54, 1.807) is 24.3 Å². The summed E-state index contributed by atoms with van der Waals surface area (Å²) < 4.78 is 10.8. The third kappa shape index (κ3) is 6.21. The van der Waals surface area contributed by atoms with Crippen molar-refractivity contribution >= 4 is 11.9 Å². The second-order valence-electron chi connectivity index (χ2n) is 6.63. The first-order valence-corrected chi connectivity index (χ1v) is 9.43. The van der Waals surface area contributed by atoms with Crippen molar-refractivity contribution in [2.24, 2.45) is 0 Å². The molecule has 3 aromatic rings. The van der Waals surface area contributed by atoms with Crippen molar-refractivity contribution in [3.63, 3.8) is 0 Å². The molecule has 0 saturated heterocycles. The number of carbonyl (C=O) groups is 2. The standard InChI is InChI=1S/C24H23NO4/c1-18(19-8-4-2-5-9-19)16-25-23(26)17-28-24(27)20-12-14-22(15-13-20)29-21-10-6-3-7-11-21/h2-15,18H,16-17H2,1H3,(H,25,26)/t18-/m1/s1. The van der Waals surface area contributed by atoms with Crippen LogP contribution in [0.15, 0.2) is 84.9 Å². The van der Waals surface area contributed by atoms with Crippen LogP contribution in [0, 0.1) is 0 Å². The number of carbonyl (C=O) groups excluding carboxylic acids is 2. The van der Waals surface area contributed by atoms with Crippen LogP contribution in [0.2, 0.25) is 0 Å². The number of esters is 1. The Bertz CT molecular complexity index is 924. The molecule has 148 valence electrons. The van der Waals surface area contributed by atoms with Crippen molar-refractivity contribution in [3.8, 4) is 11.5 Å². The largest absolute Gasteiger partial charge is 0.457 e. The minimum absolute atomic E-state index is 0.174. The molecule has 0 radical (unpaired) electrons. The summed E-state index contributed by atoms with van der Waals surface area (Å²) in [7, 11) is 0. The first-order valence-electron chi connectivity index (χ1n) is 9.43. The van der Waals surface area contributed by atoms with Crippen molar-refractivity contribution in [3.05, 3.63) is 96.1 Å². The summed E-state index contributed by atoms with van der Waals surface area (Å²) in [6.07, 6.45) is 0. The molecular weight excluding hydrogens is 366 g/mol. The Morgan fingerprint density at radius 3 is 2.07 bits per heavy atom. The van der Waals surface area contributed by atoms with Gasteiger partial charge in [-0.15, -0.1) is 0 Å². The van der Waals surface area contributed by atoms with E-state index in [0.717, 1.165) is 5.56 Å². The lowest BCUT2D eigenvalue weighted by Gasteiger charge is -2.13. The lowest BCUT2D eigenvalue weighted by molar-refractivity contribution is -0.124. The van der Waals surface area contributed by atoms with E-state index in [2.05, 4.69) is 5.32 Å². The van der Waals surface area contributed by atoms with E-state index in [1.807, 2.05) is 67.6 Å². The molecule has 0 saturated carbocycles. The smallest absolute Gasteiger partial charge is 0.338 e. The highest BCUT2D eigenvalue weighted by molar-refractivity contribution is 5.91. The highest BCUT2D eigenvalue weighted by atomic mass is 16.5. The van der Waals surface area contributed by atoms with Crippen molar-refractivity contribution in [1.82, 2.24) is 5.32 Å². The number of rotatable bonds is 8. The molecule has 0 aliphatic heterocycles. The maximum atomic E-state index is 12.1. The van der Waals surface area contributed by atoms with Crippen LogP contribution < -0.4 is 10.1 Å². The quantitative estimate of drug-likeness (QED) is 0.574. The molecule has 0 aliphatic rings. The summed E-state index contributed by atoms with van der Waals surface area (Å²) in [6, 6.07) is 25.9. The number of para-hydroxylation sites is 1. The van der Waals surface area contributed by atoms with Crippen LogP contribution in [0.3, 0.4) is 0 Å². The number of amides is 1. The molecule has 5 heteroatoms. The van der Waals surface area contributed by atoms with Crippen LogP contribution in [0.5, 0.6) is 11.5 Å². The average Bonchev–Trinajstić information content (AvgIpc) is 2.77. The van der Waals surface area contributed by atoms with Gasteiger partial charge >= 0.3 is 5.97 Å². The Hall–Kier alpha value is -3.60. The van der Waals surface area contributed by atoms with Crippen LogP contribution in [0.1, 0.15) is 28.8 Å². The van der Waals surface area contributed by atoms with Gasteiger partial charge in [0, 0.05) is 6.54 Å². The first kappa shape index (κ1) is 20.1. The molecule has 5 nitrogen and oxygen atoms in total. The third-order valence-electron chi connectivity index (χ3n) is 4.38. The monoisotopic (exact) mass is 389 g/mol. The topological polar surface area (TPSA) is 64.6 Å². The van der Waals surface area contributed by atoms with Gasteiger partial charge in [-0.2, -0.15) is 0 Å². The summed E-state index contributed by atoms with van der Waals surface area (Å²) in [5.74, 6) is 0.616. The highest BCUT2D eigenvalue weighted by Crippen LogP contribution is 2.21. The molecular formula is C24H23NO4. The molecule has 3 rings (SSSR count). The van der Waals surface area contributed by atoms with E-state index in [1.165, 1.54) is 0 Å². The van der Waals surface area contributed by atoms with E-state index in [9.17, 15) is 9.59 Å². The number of hydrogen-bond donors (Lipinski definition) is 1. The van der Waals surface area contributed by atoms with Gasteiger partial charge in [0.15, 0.2) is 6.61 Å². The maximum absolute atomic E-state index is 12.1. The van der Waals surface area contributed by atoms with Crippen molar-refractivity contribution in [1.29, 1.82) is 0 Å². The molecule has 0 spiro atoms. The van der Waals surface area contributed by atoms with E-state index < -0.39 is 5.97 Å². The number of benzene rings is 3. The van der Waals surface area contributed by atoms with Gasteiger partial charge in [0.25, 0.3) is 5.91 Å². The second-order valence-corrected chi connectivity index (χ2v) is 6.63. The number of ether oxygens (including phenoxy) is 2. The molecule has 29 heavy (non-hydrogen) atoms. The Kier molecular flexibility index (Phi) is 7.00. The highest BCUT2D eigenvalue weighted by Gasteiger charge is 2.12. The van der Waals surface area contributed by atoms with E-state index in [4.69, 9.17) is 9.47 Å². The lowest BCUT2D eigenvalue weighted by atomic mass is 10.0. The van der Waals surface area contributed by atoms with Crippen LogP contribution in [0.25, 0.3) is 0 Å². The zero-order chi connectivity index (χ0) is 20.5. The fourth-order valence-corrected chi connectivity index (χ4v) is 2.72. The summed E-state index contributed by atoms with van der Waals surface area (Å²) in [5.41, 5.74) is 1.50. The van der Waals surface area contributed by atoms with Gasteiger partial charge in [0.05, 0.1) is 5.56 Å². The molecule has 1 atom stereocenters. The minimum atomic E-state index is -0.553. The van der Waals surface area contributed by atoms with E-state index in [0.29, 0.717) is 23.6 Å². The summed E-state index contributed by atoms with van der Waals surface area (Å²) in [4.78, 5) is 24.1. The fraction of sp³-hybridized carbons (Fsp3) is 0.167. The third-order valence-corrected chi connectivity index (χ3v) is 4.38. The summed E-state index contributed by atoms with van der Waals surface area (Å²) >= 11 is 0. The van der Waals surface area contributed by atoms with Crippen molar-refractivity contribution in [2.75, 3.05) is 13.2 Å². The molecule has 0 unspecified atom stereocenters. The lowest BCUT2D eigenvalue weighted by Crippen LogP contribution is -2.31. The van der Waals surface area contributed by atoms with Gasteiger partial charge in [-0.1, -0.05) is 55.5 Å². The molecule has 0 aliphatic carbocycles.